The van der Waals surface area contributed by atoms with Crippen LogP contribution in [0, 0.1) is 5.92 Å². The highest BCUT2D eigenvalue weighted by molar-refractivity contribution is 5.95. The van der Waals surface area contributed by atoms with Crippen molar-refractivity contribution >= 4 is 28.7 Å². The van der Waals surface area contributed by atoms with Gasteiger partial charge in [0.2, 0.25) is 5.91 Å². The van der Waals surface area contributed by atoms with Crippen LogP contribution < -0.4 is 10.6 Å². The van der Waals surface area contributed by atoms with Gasteiger partial charge in [-0.1, -0.05) is 6.92 Å². The molecule has 3 N–H and O–H groups in total. The lowest BCUT2D eigenvalue weighted by Gasteiger charge is -2.30. The third kappa shape index (κ3) is 5.84. The summed E-state index contributed by atoms with van der Waals surface area (Å²) in [4.78, 5) is 47.2. The van der Waals surface area contributed by atoms with E-state index in [0.717, 1.165) is 12.8 Å². The van der Waals surface area contributed by atoms with Crippen LogP contribution in [0.25, 0.3) is 22.4 Å². The van der Waals surface area contributed by atoms with Gasteiger partial charge in [-0.3, -0.25) is 9.59 Å². The number of rotatable bonds is 6. The maximum absolute atomic E-state index is 13.2. The van der Waals surface area contributed by atoms with Crippen molar-refractivity contribution in [1.29, 1.82) is 0 Å². The Morgan fingerprint density at radius 3 is 2.71 bits per heavy atom. The van der Waals surface area contributed by atoms with E-state index >= 15 is 0 Å². The molecule has 0 saturated carbocycles. The molecule has 1 atom stereocenters. The van der Waals surface area contributed by atoms with Crippen molar-refractivity contribution in [3.8, 4) is 11.4 Å². The summed E-state index contributed by atoms with van der Waals surface area (Å²) in [6.45, 7) is 3.29. The highest BCUT2D eigenvalue weighted by atomic mass is 19.4. The number of halogens is 3. The van der Waals surface area contributed by atoms with Crippen LogP contribution in [0.3, 0.4) is 0 Å². The smallest absolute Gasteiger partial charge is 0.358 e. The van der Waals surface area contributed by atoms with Gasteiger partial charge in [0.05, 0.1) is 0 Å². The number of hydrogen-bond donors (Lipinski definition) is 3. The Morgan fingerprint density at radius 2 is 2.00 bits per heavy atom. The molecule has 10 nitrogen and oxygen atoms in total. The second-order valence-electron chi connectivity index (χ2n) is 8.62. The number of aromatic nitrogens is 5. The van der Waals surface area contributed by atoms with Crippen LogP contribution in [0.15, 0.2) is 24.8 Å². The van der Waals surface area contributed by atoms with E-state index in [2.05, 4.69) is 37.2 Å². The van der Waals surface area contributed by atoms with E-state index in [1.54, 1.807) is 17.3 Å². The van der Waals surface area contributed by atoms with Crippen LogP contribution in [0.5, 0.6) is 0 Å². The first-order chi connectivity index (χ1) is 16.6. The summed E-state index contributed by atoms with van der Waals surface area (Å²) in [6.07, 6.45) is 1.83. The molecule has 35 heavy (non-hydrogen) atoms. The van der Waals surface area contributed by atoms with E-state index in [1.165, 1.54) is 19.3 Å². The Bertz CT molecular complexity index is 1220. The number of nitrogens with zero attached hydrogens (tertiary/aromatic N) is 5. The summed E-state index contributed by atoms with van der Waals surface area (Å²) >= 11 is 0. The number of anilines is 1. The minimum Gasteiger partial charge on any atom is -0.358 e. The van der Waals surface area contributed by atoms with Crippen molar-refractivity contribution in [2.24, 2.45) is 5.92 Å². The van der Waals surface area contributed by atoms with Crippen LogP contribution in [0.4, 0.5) is 19.0 Å². The molecule has 2 amide bonds. The lowest BCUT2D eigenvalue weighted by atomic mass is 9.99. The van der Waals surface area contributed by atoms with Crippen molar-refractivity contribution in [2.75, 3.05) is 25.0 Å². The quantitative estimate of drug-likeness (QED) is 0.485. The number of fused-ring (bicyclic) bond motifs is 1. The summed E-state index contributed by atoms with van der Waals surface area (Å²) < 4.78 is 37.4. The van der Waals surface area contributed by atoms with Crippen molar-refractivity contribution < 1.29 is 22.8 Å². The second kappa shape index (κ2) is 9.84. The van der Waals surface area contributed by atoms with Crippen LogP contribution >= 0.6 is 0 Å². The number of hydrogen-bond acceptors (Lipinski definition) is 7. The molecule has 0 spiro atoms. The Hall–Kier alpha value is -3.77. The minimum atomic E-state index is -4.53. The van der Waals surface area contributed by atoms with Gasteiger partial charge in [0.1, 0.15) is 36.1 Å². The average Bonchev–Trinajstić information content (AvgIpc) is 3.26. The molecule has 1 saturated heterocycles. The fourth-order valence-electron chi connectivity index (χ4n) is 3.80. The van der Waals surface area contributed by atoms with Gasteiger partial charge in [0, 0.05) is 42.5 Å². The van der Waals surface area contributed by atoms with Crippen molar-refractivity contribution in [2.45, 2.75) is 38.9 Å². The Labute approximate surface area is 198 Å². The van der Waals surface area contributed by atoms with Crippen LogP contribution in [-0.2, 0) is 4.79 Å². The first kappa shape index (κ1) is 24.4. The topological polar surface area (TPSA) is 129 Å². The highest BCUT2D eigenvalue weighted by Crippen LogP contribution is 2.27. The van der Waals surface area contributed by atoms with Crippen molar-refractivity contribution in [3.05, 3.63) is 30.5 Å². The predicted molar refractivity (Wildman–Crippen MR) is 121 cm³/mol. The summed E-state index contributed by atoms with van der Waals surface area (Å²) in [6, 6.07) is 0.355. The van der Waals surface area contributed by atoms with E-state index in [1.807, 2.05) is 5.32 Å². The summed E-state index contributed by atoms with van der Waals surface area (Å²) in [7, 11) is 0. The summed E-state index contributed by atoms with van der Waals surface area (Å²) in [5.41, 5.74) is 1.20. The van der Waals surface area contributed by atoms with Crippen molar-refractivity contribution in [1.82, 2.24) is 35.1 Å². The molecule has 0 aromatic carbocycles. The number of nitrogens with one attached hydrogen (secondary N) is 3. The molecule has 0 bridgehead atoms. The molecule has 13 heteroatoms. The maximum Gasteiger partial charge on any atom is 0.405 e. The second-order valence-corrected chi connectivity index (χ2v) is 8.62. The van der Waals surface area contributed by atoms with E-state index in [-0.39, 0.29) is 23.2 Å². The monoisotopic (exact) mass is 490 g/mol. The first-order valence-corrected chi connectivity index (χ1v) is 11.2. The van der Waals surface area contributed by atoms with Crippen LogP contribution in [-0.4, -0.2) is 73.5 Å². The number of aromatic amines is 1. The molecular weight excluding hydrogens is 465 g/mol. The van der Waals surface area contributed by atoms with Gasteiger partial charge in [-0.25, -0.2) is 19.9 Å². The number of likely N-dealkylation sites (tertiary alicyclic amines) is 1. The Morgan fingerprint density at radius 1 is 1.26 bits per heavy atom. The molecular formula is C22H25F3N8O2. The number of amides is 2. The molecule has 3 aromatic rings. The molecule has 1 aliphatic heterocycles. The standard InChI is InChI=1S/C22H25F3N8O2/c1-12-3-5-33(6-4-12)21(35)16-7-17(30-13(2)20(34)28-10-22(23,24)25)32-19(31-16)15-9-27-18-14(15)8-26-11-29-18/h7-9,11-13H,3-6,10H2,1-2H3,(H,28,34)(H,26,27,29)(H,30,31,32)/t13-/m0/s1. The SMILES string of the molecule is CC1CCN(C(=O)c2cc(N[C@@H](C)C(=O)NCC(F)(F)F)nc(-c3c[nH]c4ncncc34)n2)CC1. The van der Waals surface area contributed by atoms with Gasteiger partial charge >= 0.3 is 6.18 Å². The van der Waals surface area contributed by atoms with Gasteiger partial charge < -0.3 is 20.5 Å². The number of H-pyrrole nitrogens is 1. The number of alkyl halides is 3. The minimum absolute atomic E-state index is 0.112. The molecule has 0 unspecified atom stereocenters. The zero-order chi connectivity index (χ0) is 25.2. The fraction of sp³-hybridized carbons (Fsp3) is 0.455. The number of carbonyl (C=O) groups is 2. The molecule has 1 aliphatic rings. The van der Waals surface area contributed by atoms with Crippen LogP contribution in [0.1, 0.15) is 37.2 Å². The Balaban J connectivity index is 1.65. The lowest BCUT2D eigenvalue weighted by molar-refractivity contribution is -0.138. The van der Waals surface area contributed by atoms with E-state index < -0.39 is 24.7 Å². The molecule has 186 valence electrons. The largest absolute Gasteiger partial charge is 0.405 e. The zero-order valence-corrected chi connectivity index (χ0v) is 19.2. The van der Waals surface area contributed by atoms with Gasteiger partial charge in [-0.2, -0.15) is 13.2 Å². The van der Waals surface area contributed by atoms with Gasteiger partial charge in [0.25, 0.3) is 5.91 Å². The molecule has 0 aliphatic carbocycles. The maximum atomic E-state index is 13.2. The van der Waals surface area contributed by atoms with Crippen molar-refractivity contribution in [3.63, 3.8) is 0 Å². The normalized spacial score (nSPS) is 15.7. The molecule has 0 radical (unpaired) electrons. The molecule has 4 heterocycles. The van der Waals surface area contributed by atoms with Gasteiger partial charge in [-0.05, 0) is 25.7 Å². The summed E-state index contributed by atoms with van der Waals surface area (Å²) in [5, 5.41) is 5.26. The molecule has 1 fully saturated rings. The number of carbonyl (C=O) groups excluding carboxylic acids is 2. The predicted octanol–water partition coefficient (Wildman–Crippen LogP) is 2.77. The van der Waals surface area contributed by atoms with Crippen LogP contribution in [0.2, 0.25) is 0 Å². The lowest BCUT2D eigenvalue weighted by Crippen LogP contribution is -2.42. The van der Waals surface area contributed by atoms with E-state index in [9.17, 15) is 22.8 Å². The molecule has 3 aromatic heterocycles. The third-order valence-electron chi connectivity index (χ3n) is 5.83. The van der Waals surface area contributed by atoms with Gasteiger partial charge in [-0.15, -0.1) is 0 Å². The number of piperidine rings is 1. The first-order valence-electron chi connectivity index (χ1n) is 11.2. The van der Waals surface area contributed by atoms with E-state index in [4.69, 9.17) is 0 Å². The Kier molecular flexibility index (Phi) is 6.85. The molecule has 4 rings (SSSR count). The highest BCUT2D eigenvalue weighted by Gasteiger charge is 2.29. The van der Waals surface area contributed by atoms with Gasteiger partial charge in [0.15, 0.2) is 5.82 Å². The average molecular weight is 490 g/mol. The summed E-state index contributed by atoms with van der Waals surface area (Å²) in [5.74, 6) is -0.300. The third-order valence-corrected chi connectivity index (χ3v) is 5.83. The zero-order valence-electron chi connectivity index (χ0n) is 19.2. The fourth-order valence-corrected chi connectivity index (χ4v) is 3.80. The van der Waals surface area contributed by atoms with E-state index in [0.29, 0.717) is 35.6 Å².